The van der Waals surface area contributed by atoms with Crippen molar-refractivity contribution in [1.29, 1.82) is 0 Å². The number of halogens is 1. The molecule has 19 heavy (non-hydrogen) atoms. The zero-order chi connectivity index (χ0) is 13.7. The van der Waals surface area contributed by atoms with Gasteiger partial charge in [-0.3, -0.25) is 0 Å². The number of urea groups is 1. The van der Waals surface area contributed by atoms with Crippen LogP contribution >= 0.6 is 23.4 Å². The van der Waals surface area contributed by atoms with Gasteiger partial charge in [0, 0.05) is 23.1 Å². The number of nitrogens with one attached hydrogen (secondary N) is 2. The van der Waals surface area contributed by atoms with Gasteiger partial charge in [-0.2, -0.15) is 0 Å². The van der Waals surface area contributed by atoms with Crippen LogP contribution in [0.15, 0.2) is 23.1 Å². The normalized spacial score (nSPS) is 18.3. The van der Waals surface area contributed by atoms with Gasteiger partial charge in [-0.1, -0.05) is 11.6 Å². The van der Waals surface area contributed by atoms with Gasteiger partial charge in [-0.05, 0) is 37.3 Å². The van der Waals surface area contributed by atoms with Crippen LogP contribution in [-0.4, -0.2) is 31.5 Å². The van der Waals surface area contributed by atoms with Crippen LogP contribution in [-0.2, 0) is 4.74 Å². The van der Waals surface area contributed by atoms with E-state index in [1.165, 1.54) is 0 Å². The Kier molecular flexibility index (Phi) is 5.36. The number of hydrogen-bond donors (Lipinski definition) is 2. The van der Waals surface area contributed by atoms with E-state index in [-0.39, 0.29) is 12.1 Å². The lowest BCUT2D eigenvalue weighted by molar-refractivity contribution is 0.112. The molecule has 6 heteroatoms. The fourth-order valence-electron chi connectivity index (χ4n) is 1.96. The molecule has 1 unspecified atom stereocenters. The minimum atomic E-state index is -0.229. The largest absolute Gasteiger partial charge is 0.376 e. The highest BCUT2D eigenvalue weighted by molar-refractivity contribution is 7.98. The number of amides is 2. The summed E-state index contributed by atoms with van der Waals surface area (Å²) in [4.78, 5) is 12.8. The summed E-state index contributed by atoms with van der Waals surface area (Å²) in [6.45, 7) is 1.33. The molecule has 1 aliphatic rings. The van der Waals surface area contributed by atoms with Gasteiger partial charge in [0.2, 0.25) is 0 Å². The maximum absolute atomic E-state index is 11.8. The first kappa shape index (κ1) is 14.5. The molecule has 1 aromatic rings. The summed E-state index contributed by atoms with van der Waals surface area (Å²) in [6.07, 6.45) is 4.18. The molecule has 1 atom stereocenters. The van der Waals surface area contributed by atoms with Crippen LogP contribution in [0.25, 0.3) is 0 Å². The number of ether oxygens (including phenoxy) is 1. The number of carbonyl (C=O) groups excluding carboxylic acids is 1. The highest BCUT2D eigenvalue weighted by Crippen LogP contribution is 2.28. The molecule has 104 valence electrons. The van der Waals surface area contributed by atoms with E-state index in [9.17, 15) is 4.79 Å². The third-order valence-corrected chi connectivity index (χ3v) is 3.95. The molecule has 1 aromatic carbocycles. The van der Waals surface area contributed by atoms with Gasteiger partial charge in [0.1, 0.15) is 0 Å². The van der Waals surface area contributed by atoms with Crippen LogP contribution in [0.4, 0.5) is 10.5 Å². The van der Waals surface area contributed by atoms with Crippen molar-refractivity contribution in [2.75, 3.05) is 24.7 Å². The van der Waals surface area contributed by atoms with Crippen molar-refractivity contribution in [2.24, 2.45) is 0 Å². The van der Waals surface area contributed by atoms with Crippen LogP contribution < -0.4 is 10.6 Å². The van der Waals surface area contributed by atoms with Crippen LogP contribution in [0, 0.1) is 0 Å². The van der Waals surface area contributed by atoms with Gasteiger partial charge in [0.05, 0.1) is 11.8 Å². The van der Waals surface area contributed by atoms with Crippen LogP contribution in [0.1, 0.15) is 12.8 Å². The summed E-state index contributed by atoms with van der Waals surface area (Å²) in [5.74, 6) is 0. The Hall–Kier alpha value is -0.910. The Morgan fingerprint density at radius 3 is 3.11 bits per heavy atom. The van der Waals surface area contributed by atoms with Gasteiger partial charge < -0.3 is 15.4 Å². The predicted molar refractivity (Wildman–Crippen MR) is 79.2 cm³/mol. The van der Waals surface area contributed by atoms with E-state index in [4.69, 9.17) is 16.3 Å². The average molecular weight is 301 g/mol. The van der Waals surface area contributed by atoms with Crippen molar-refractivity contribution in [3.05, 3.63) is 23.2 Å². The molecule has 4 nitrogen and oxygen atoms in total. The molecule has 2 rings (SSSR count). The molecule has 1 heterocycles. The van der Waals surface area contributed by atoms with E-state index in [2.05, 4.69) is 10.6 Å². The summed E-state index contributed by atoms with van der Waals surface area (Å²) in [6, 6.07) is 5.22. The smallest absolute Gasteiger partial charge is 0.319 e. The summed E-state index contributed by atoms with van der Waals surface area (Å²) in [7, 11) is 0. The quantitative estimate of drug-likeness (QED) is 0.838. The minimum absolute atomic E-state index is 0.144. The lowest BCUT2D eigenvalue weighted by Gasteiger charge is -2.13. The maximum atomic E-state index is 11.8. The highest BCUT2D eigenvalue weighted by atomic mass is 35.5. The standard InChI is InChI=1S/C13H17ClN2O2S/c1-19-12-5-4-9(14)7-11(12)16-13(17)15-8-10-3-2-6-18-10/h4-5,7,10H,2-3,6,8H2,1H3,(H2,15,16,17). The molecular weight excluding hydrogens is 284 g/mol. The summed E-state index contributed by atoms with van der Waals surface area (Å²) in [5.41, 5.74) is 0.727. The highest BCUT2D eigenvalue weighted by Gasteiger charge is 2.16. The fraction of sp³-hybridized carbons (Fsp3) is 0.462. The summed E-state index contributed by atoms with van der Waals surface area (Å²) < 4.78 is 5.45. The van der Waals surface area contributed by atoms with E-state index in [0.717, 1.165) is 30.0 Å². The molecule has 0 aliphatic carbocycles. The number of benzene rings is 1. The van der Waals surface area contributed by atoms with Crippen molar-refractivity contribution in [3.8, 4) is 0 Å². The van der Waals surface area contributed by atoms with E-state index >= 15 is 0 Å². The zero-order valence-electron chi connectivity index (χ0n) is 10.7. The SMILES string of the molecule is CSc1ccc(Cl)cc1NC(=O)NCC1CCCO1. The monoisotopic (exact) mass is 300 g/mol. The Bertz CT molecular complexity index is 450. The maximum Gasteiger partial charge on any atom is 0.319 e. The molecule has 0 spiro atoms. The second kappa shape index (κ2) is 7.03. The first-order valence-corrected chi connectivity index (χ1v) is 7.79. The molecule has 1 aliphatic heterocycles. The third kappa shape index (κ3) is 4.30. The Morgan fingerprint density at radius 1 is 1.58 bits per heavy atom. The third-order valence-electron chi connectivity index (χ3n) is 2.92. The van der Waals surface area contributed by atoms with Gasteiger partial charge in [0.25, 0.3) is 0 Å². The van der Waals surface area contributed by atoms with E-state index in [1.807, 2.05) is 18.4 Å². The number of carbonyl (C=O) groups is 1. The lowest BCUT2D eigenvalue weighted by Crippen LogP contribution is -2.35. The molecule has 1 fully saturated rings. The lowest BCUT2D eigenvalue weighted by atomic mass is 10.2. The molecule has 2 amide bonds. The van der Waals surface area contributed by atoms with Crippen molar-refractivity contribution in [1.82, 2.24) is 5.32 Å². The Balaban J connectivity index is 1.88. The molecule has 2 N–H and O–H groups in total. The van der Waals surface area contributed by atoms with Crippen LogP contribution in [0.5, 0.6) is 0 Å². The Morgan fingerprint density at radius 2 is 2.42 bits per heavy atom. The fourth-order valence-corrected chi connectivity index (χ4v) is 2.66. The van der Waals surface area contributed by atoms with E-state index in [1.54, 1.807) is 17.8 Å². The second-order valence-electron chi connectivity index (χ2n) is 4.31. The van der Waals surface area contributed by atoms with Crippen molar-refractivity contribution < 1.29 is 9.53 Å². The van der Waals surface area contributed by atoms with Gasteiger partial charge >= 0.3 is 6.03 Å². The first-order chi connectivity index (χ1) is 9.19. The van der Waals surface area contributed by atoms with Crippen molar-refractivity contribution >= 4 is 35.1 Å². The van der Waals surface area contributed by atoms with Crippen LogP contribution in [0.2, 0.25) is 5.02 Å². The number of anilines is 1. The molecule has 0 saturated carbocycles. The van der Waals surface area contributed by atoms with Crippen LogP contribution in [0.3, 0.4) is 0 Å². The molecular formula is C13H17ClN2O2S. The molecule has 0 aromatic heterocycles. The topological polar surface area (TPSA) is 50.4 Å². The number of rotatable bonds is 4. The van der Waals surface area contributed by atoms with Crippen molar-refractivity contribution in [2.45, 2.75) is 23.8 Å². The van der Waals surface area contributed by atoms with E-state index in [0.29, 0.717) is 11.6 Å². The van der Waals surface area contributed by atoms with Gasteiger partial charge in [-0.15, -0.1) is 11.8 Å². The molecule has 0 bridgehead atoms. The molecule has 1 saturated heterocycles. The first-order valence-electron chi connectivity index (χ1n) is 6.19. The van der Waals surface area contributed by atoms with Gasteiger partial charge in [0.15, 0.2) is 0 Å². The number of hydrogen-bond acceptors (Lipinski definition) is 3. The van der Waals surface area contributed by atoms with Gasteiger partial charge in [-0.25, -0.2) is 4.79 Å². The second-order valence-corrected chi connectivity index (χ2v) is 5.60. The summed E-state index contributed by atoms with van der Waals surface area (Å²) in [5, 5.41) is 6.24. The predicted octanol–water partition coefficient (Wildman–Crippen LogP) is 3.36. The average Bonchev–Trinajstić information content (AvgIpc) is 2.90. The summed E-state index contributed by atoms with van der Waals surface area (Å²) >= 11 is 7.50. The molecule has 0 radical (unpaired) electrons. The Labute approximate surface area is 122 Å². The van der Waals surface area contributed by atoms with E-state index < -0.39 is 0 Å². The minimum Gasteiger partial charge on any atom is -0.376 e. The zero-order valence-corrected chi connectivity index (χ0v) is 12.3. The number of thioether (sulfide) groups is 1. The van der Waals surface area contributed by atoms with Crippen molar-refractivity contribution in [3.63, 3.8) is 0 Å².